The summed E-state index contributed by atoms with van der Waals surface area (Å²) in [6, 6.07) is 2.95. The molecule has 1 fully saturated rings. The highest BCUT2D eigenvalue weighted by Gasteiger charge is 2.42. The highest BCUT2D eigenvalue weighted by molar-refractivity contribution is 7.90. The smallest absolute Gasteiger partial charge is 0.416 e. The van der Waals surface area contributed by atoms with E-state index in [1.165, 1.54) is 0 Å². The van der Waals surface area contributed by atoms with Crippen LogP contribution in [0.15, 0.2) is 46.6 Å². The van der Waals surface area contributed by atoms with E-state index in [2.05, 4.69) is 4.40 Å². The van der Waals surface area contributed by atoms with Crippen LogP contribution < -0.4 is 4.74 Å². The topological polar surface area (TPSA) is 59.0 Å². The zero-order valence-corrected chi connectivity index (χ0v) is 18.4. The van der Waals surface area contributed by atoms with Crippen LogP contribution in [-0.4, -0.2) is 38.0 Å². The Morgan fingerprint density at radius 3 is 2.74 bits per heavy atom. The van der Waals surface area contributed by atoms with Gasteiger partial charge in [-0.25, -0.2) is 8.42 Å². The Bertz CT molecular complexity index is 1080. The lowest BCUT2D eigenvalue weighted by atomic mass is 9.68. The van der Waals surface area contributed by atoms with Gasteiger partial charge in [0.1, 0.15) is 17.3 Å². The summed E-state index contributed by atoms with van der Waals surface area (Å²) in [4.78, 5) is 2.05. The van der Waals surface area contributed by atoms with Gasteiger partial charge in [0.2, 0.25) is 0 Å². The normalized spacial score (nSPS) is 27.9. The lowest BCUT2D eigenvalue weighted by Gasteiger charge is -2.45. The van der Waals surface area contributed by atoms with Gasteiger partial charge in [-0.2, -0.15) is 13.2 Å². The number of benzene rings is 1. The van der Waals surface area contributed by atoms with Gasteiger partial charge in [-0.05, 0) is 55.0 Å². The van der Waals surface area contributed by atoms with E-state index < -0.39 is 21.8 Å². The first-order valence-corrected chi connectivity index (χ1v) is 12.0. The van der Waals surface area contributed by atoms with Crippen molar-refractivity contribution in [2.75, 3.05) is 18.8 Å². The van der Waals surface area contributed by atoms with Crippen LogP contribution in [0.5, 0.6) is 5.75 Å². The molecule has 1 aromatic rings. The maximum atomic E-state index is 13.0. The molecule has 0 aromatic heterocycles. The van der Waals surface area contributed by atoms with E-state index in [1.54, 1.807) is 12.2 Å². The minimum atomic E-state index is -4.49. The standard InChI is InChI=1S/C21H22ClF3N2O3S/c1-20(16-3-2-10-27-11-12-31(28,29)26-19(16)27)8-6-15(7-9-20)30-18-13-14(21(23,24)25)4-5-17(18)22/h4-8,13,16H,2-3,9-12H2,1H3/t16-,20?/m1/s1. The zero-order chi connectivity index (χ0) is 22.4. The summed E-state index contributed by atoms with van der Waals surface area (Å²) in [6.07, 6.45) is 3.24. The SMILES string of the molecule is CC1([C@@H]2CCCN3CCS(=O)(=O)N=C23)C=CC(Oc2cc(C(F)(F)F)ccc2Cl)=CC1. The van der Waals surface area contributed by atoms with Gasteiger partial charge in [0.15, 0.2) is 0 Å². The van der Waals surface area contributed by atoms with E-state index >= 15 is 0 Å². The number of halogens is 4. The average Bonchev–Trinajstić information content (AvgIpc) is 2.69. The minimum Gasteiger partial charge on any atom is -0.456 e. The van der Waals surface area contributed by atoms with Crippen LogP contribution >= 0.6 is 11.6 Å². The summed E-state index contributed by atoms with van der Waals surface area (Å²) in [7, 11) is -3.45. The Morgan fingerprint density at radius 1 is 1.29 bits per heavy atom. The van der Waals surface area contributed by atoms with E-state index in [1.807, 2.05) is 17.9 Å². The van der Waals surface area contributed by atoms with Crippen LogP contribution in [0.2, 0.25) is 5.02 Å². The molecule has 0 amide bonds. The molecule has 4 rings (SSSR count). The number of rotatable bonds is 3. The number of fused-ring (bicyclic) bond motifs is 1. The molecule has 10 heteroatoms. The first-order valence-electron chi connectivity index (χ1n) is 9.98. The molecule has 0 N–H and O–H groups in total. The minimum absolute atomic E-state index is 0.0331. The van der Waals surface area contributed by atoms with Gasteiger partial charge < -0.3 is 9.64 Å². The van der Waals surface area contributed by atoms with E-state index in [4.69, 9.17) is 16.3 Å². The Morgan fingerprint density at radius 2 is 2.06 bits per heavy atom. The molecule has 0 radical (unpaired) electrons. The third-order valence-electron chi connectivity index (χ3n) is 6.06. The summed E-state index contributed by atoms with van der Waals surface area (Å²) < 4.78 is 72.8. The molecule has 31 heavy (non-hydrogen) atoms. The van der Waals surface area contributed by atoms with Crippen LogP contribution in [0, 0.1) is 11.3 Å². The molecule has 3 aliphatic rings. The quantitative estimate of drug-likeness (QED) is 0.615. The number of hydrogen-bond donors (Lipinski definition) is 0. The van der Waals surface area contributed by atoms with Crippen LogP contribution in [-0.2, 0) is 16.2 Å². The van der Waals surface area contributed by atoms with Crippen LogP contribution in [0.4, 0.5) is 13.2 Å². The van der Waals surface area contributed by atoms with Gasteiger partial charge >= 0.3 is 6.18 Å². The molecule has 5 nitrogen and oxygen atoms in total. The average molecular weight is 475 g/mol. The van der Waals surface area contributed by atoms with Crippen LogP contribution in [0.25, 0.3) is 0 Å². The molecular weight excluding hydrogens is 453 g/mol. The third-order valence-corrected chi connectivity index (χ3v) is 7.54. The van der Waals surface area contributed by atoms with Gasteiger partial charge in [0.25, 0.3) is 10.0 Å². The van der Waals surface area contributed by atoms with Crippen LogP contribution in [0.1, 0.15) is 31.7 Å². The molecule has 1 aliphatic carbocycles. The lowest BCUT2D eigenvalue weighted by molar-refractivity contribution is -0.137. The van der Waals surface area contributed by atoms with Gasteiger partial charge in [0.05, 0.1) is 16.3 Å². The molecule has 2 aliphatic heterocycles. The summed E-state index contributed by atoms with van der Waals surface area (Å²) in [5.74, 6) is 0.906. The number of sulfonamides is 1. The second-order valence-electron chi connectivity index (χ2n) is 8.31. The Balaban J connectivity index is 1.54. The van der Waals surface area contributed by atoms with Crippen molar-refractivity contribution in [3.63, 3.8) is 0 Å². The van der Waals surface area contributed by atoms with E-state index in [0.717, 1.165) is 37.6 Å². The van der Waals surface area contributed by atoms with Gasteiger partial charge in [-0.3, -0.25) is 0 Å². The van der Waals surface area contributed by atoms with Gasteiger partial charge in [-0.1, -0.05) is 24.6 Å². The second kappa shape index (κ2) is 7.85. The van der Waals surface area contributed by atoms with E-state index in [9.17, 15) is 21.6 Å². The maximum Gasteiger partial charge on any atom is 0.416 e. The Kier molecular flexibility index (Phi) is 5.62. The molecule has 0 saturated carbocycles. The summed E-state index contributed by atoms with van der Waals surface area (Å²) in [5, 5.41) is 0.0836. The largest absolute Gasteiger partial charge is 0.456 e. The van der Waals surface area contributed by atoms with Gasteiger partial charge in [-0.15, -0.1) is 4.40 Å². The highest BCUT2D eigenvalue weighted by Crippen LogP contribution is 2.44. The molecule has 0 bridgehead atoms. The van der Waals surface area contributed by atoms with E-state index in [0.29, 0.717) is 24.6 Å². The molecule has 0 spiro atoms. The molecule has 1 aromatic carbocycles. The Labute approximate surface area is 184 Å². The first kappa shape index (κ1) is 22.2. The maximum absolute atomic E-state index is 13.0. The molecule has 168 valence electrons. The highest BCUT2D eigenvalue weighted by atomic mass is 35.5. The number of allylic oxidation sites excluding steroid dienone is 3. The summed E-state index contributed by atoms with van der Waals surface area (Å²) >= 11 is 6.02. The second-order valence-corrected chi connectivity index (χ2v) is 10.5. The lowest BCUT2D eigenvalue weighted by Crippen LogP contribution is -2.51. The predicted octanol–water partition coefficient (Wildman–Crippen LogP) is 5.04. The number of nitrogens with zero attached hydrogens (tertiary/aromatic N) is 2. The fourth-order valence-corrected chi connectivity index (χ4v) is 5.51. The fourth-order valence-electron chi connectivity index (χ4n) is 4.28. The van der Waals surface area contributed by atoms with Crippen molar-refractivity contribution in [3.8, 4) is 5.75 Å². The van der Waals surface area contributed by atoms with Gasteiger partial charge in [0, 0.05) is 19.0 Å². The number of alkyl halides is 3. The monoisotopic (exact) mass is 474 g/mol. The van der Waals surface area contributed by atoms with Crippen molar-refractivity contribution in [2.45, 2.75) is 32.4 Å². The molecule has 2 atom stereocenters. The van der Waals surface area contributed by atoms with Crippen molar-refractivity contribution in [1.29, 1.82) is 0 Å². The van der Waals surface area contributed by atoms with Crippen molar-refractivity contribution in [3.05, 3.63) is 52.8 Å². The number of amidine groups is 1. The van der Waals surface area contributed by atoms with Crippen molar-refractivity contribution in [1.82, 2.24) is 4.90 Å². The summed E-state index contributed by atoms with van der Waals surface area (Å²) in [6.45, 7) is 3.28. The number of piperidine rings is 1. The van der Waals surface area contributed by atoms with Crippen molar-refractivity contribution < 1.29 is 26.3 Å². The van der Waals surface area contributed by atoms with Crippen molar-refractivity contribution in [2.24, 2.45) is 15.7 Å². The molecule has 1 saturated heterocycles. The first-order chi connectivity index (χ1) is 14.5. The predicted molar refractivity (Wildman–Crippen MR) is 113 cm³/mol. The molecular formula is C21H22ClF3N2O3S. The fraction of sp³-hybridized carbons (Fsp3) is 0.476. The molecule has 1 unspecified atom stereocenters. The molecule has 2 heterocycles. The van der Waals surface area contributed by atoms with Crippen molar-refractivity contribution >= 4 is 27.5 Å². The Hall–Kier alpha value is -2.00. The van der Waals surface area contributed by atoms with Crippen LogP contribution in [0.3, 0.4) is 0 Å². The zero-order valence-electron chi connectivity index (χ0n) is 16.8. The number of hydrogen-bond acceptors (Lipinski definition) is 4. The summed E-state index contributed by atoms with van der Waals surface area (Å²) in [5.41, 5.74) is -1.22. The number of ether oxygens (including phenoxy) is 1. The third kappa shape index (κ3) is 4.62. The van der Waals surface area contributed by atoms with E-state index in [-0.39, 0.29) is 27.9 Å².